The highest BCUT2D eigenvalue weighted by Crippen LogP contribution is 2.30. The summed E-state index contributed by atoms with van der Waals surface area (Å²) in [5.41, 5.74) is 7.41. The summed E-state index contributed by atoms with van der Waals surface area (Å²) in [7, 11) is 0. The molecule has 1 aromatic rings. The van der Waals surface area contributed by atoms with Crippen LogP contribution in [-0.4, -0.2) is 17.9 Å². The Hall–Kier alpha value is -1.88. The van der Waals surface area contributed by atoms with Crippen molar-refractivity contribution < 1.29 is 9.59 Å². The van der Waals surface area contributed by atoms with Crippen LogP contribution in [0.25, 0.3) is 0 Å². The Kier molecular flexibility index (Phi) is 4.74. The first-order chi connectivity index (χ1) is 9.60. The minimum atomic E-state index is -0.452. The molecule has 1 unspecified atom stereocenters. The Morgan fingerprint density at radius 1 is 1.30 bits per heavy atom. The average molecular weight is 275 g/mol. The van der Waals surface area contributed by atoms with Gasteiger partial charge in [0.2, 0.25) is 11.8 Å². The van der Waals surface area contributed by atoms with Crippen LogP contribution in [0.15, 0.2) is 24.3 Å². The van der Waals surface area contributed by atoms with Crippen LogP contribution in [0.5, 0.6) is 0 Å². The lowest BCUT2D eigenvalue weighted by molar-refractivity contribution is -0.122. The second-order valence-electron chi connectivity index (χ2n) is 5.19. The van der Waals surface area contributed by atoms with Gasteiger partial charge >= 0.3 is 0 Å². The van der Waals surface area contributed by atoms with Crippen LogP contribution in [0.4, 0.5) is 5.69 Å². The van der Waals surface area contributed by atoms with Gasteiger partial charge in [0.05, 0.1) is 6.04 Å². The Bertz CT molecular complexity index is 480. The van der Waals surface area contributed by atoms with Crippen LogP contribution >= 0.6 is 0 Å². The first kappa shape index (κ1) is 14.5. The van der Waals surface area contributed by atoms with E-state index >= 15 is 0 Å². The molecule has 0 heterocycles. The molecule has 2 rings (SSSR count). The van der Waals surface area contributed by atoms with Crippen LogP contribution in [0.3, 0.4) is 0 Å². The molecule has 5 heteroatoms. The zero-order chi connectivity index (χ0) is 14.5. The highest BCUT2D eigenvalue weighted by molar-refractivity contribution is 5.94. The fourth-order valence-electron chi connectivity index (χ4n) is 1.80. The molecule has 0 spiro atoms. The first-order valence-corrected chi connectivity index (χ1v) is 7.03. The van der Waals surface area contributed by atoms with E-state index in [1.807, 2.05) is 31.2 Å². The van der Waals surface area contributed by atoms with Crippen LogP contribution in [0.2, 0.25) is 0 Å². The highest BCUT2D eigenvalue weighted by atomic mass is 16.2. The lowest BCUT2D eigenvalue weighted by Crippen LogP contribution is -2.39. The number of rotatable bonds is 6. The molecular weight excluding hydrogens is 254 g/mol. The number of hydrogen-bond acceptors (Lipinski definition) is 3. The van der Waals surface area contributed by atoms with Gasteiger partial charge in [-0.05, 0) is 37.0 Å². The molecule has 1 aliphatic carbocycles. The third-order valence-electron chi connectivity index (χ3n) is 3.41. The van der Waals surface area contributed by atoms with Gasteiger partial charge in [0.15, 0.2) is 0 Å². The van der Waals surface area contributed by atoms with Crippen molar-refractivity contribution in [3.8, 4) is 0 Å². The maximum atomic E-state index is 11.6. The van der Waals surface area contributed by atoms with Gasteiger partial charge in [-0.15, -0.1) is 0 Å². The number of hydrogen-bond donors (Lipinski definition) is 3. The maximum Gasteiger partial charge on any atom is 0.237 e. The summed E-state index contributed by atoms with van der Waals surface area (Å²) in [5.74, 6) is 0.156. The van der Waals surface area contributed by atoms with Gasteiger partial charge in [-0.3, -0.25) is 9.59 Å². The summed E-state index contributed by atoms with van der Waals surface area (Å²) in [6, 6.07) is 7.02. The van der Waals surface area contributed by atoms with Crippen molar-refractivity contribution in [2.75, 3.05) is 5.32 Å². The van der Waals surface area contributed by atoms with E-state index in [0.717, 1.165) is 24.1 Å². The van der Waals surface area contributed by atoms with Gasteiger partial charge in [-0.25, -0.2) is 0 Å². The van der Waals surface area contributed by atoms with E-state index in [0.29, 0.717) is 13.0 Å². The van der Waals surface area contributed by atoms with Crippen molar-refractivity contribution >= 4 is 17.5 Å². The lowest BCUT2D eigenvalue weighted by atomic mass is 10.2. The van der Waals surface area contributed by atoms with Crippen LogP contribution in [-0.2, 0) is 16.1 Å². The smallest absolute Gasteiger partial charge is 0.237 e. The number of amides is 2. The van der Waals surface area contributed by atoms with E-state index in [1.165, 1.54) is 0 Å². The topological polar surface area (TPSA) is 84.2 Å². The second kappa shape index (κ2) is 6.52. The Morgan fingerprint density at radius 2 is 1.95 bits per heavy atom. The zero-order valence-corrected chi connectivity index (χ0v) is 11.7. The molecule has 1 aliphatic rings. The standard InChI is InChI=1S/C15H21N3O2/c1-2-13(16)15(20)17-9-10-3-7-12(8-4-10)18-14(19)11-5-6-11/h3-4,7-8,11,13H,2,5-6,9,16H2,1H3,(H,17,20)(H,18,19). The molecule has 5 nitrogen and oxygen atoms in total. The molecule has 0 saturated heterocycles. The largest absolute Gasteiger partial charge is 0.351 e. The van der Waals surface area contributed by atoms with Crippen molar-refractivity contribution in [2.24, 2.45) is 11.7 Å². The van der Waals surface area contributed by atoms with E-state index < -0.39 is 6.04 Å². The minimum Gasteiger partial charge on any atom is -0.351 e. The van der Waals surface area contributed by atoms with Crippen LogP contribution in [0.1, 0.15) is 31.7 Å². The molecular formula is C15H21N3O2. The molecule has 0 aliphatic heterocycles. The zero-order valence-electron chi connectivity index (χ0n) is 11.7. The van der Waals surface area contributed by atoms with Gasteiger partial charge in [-0.2, -0.15) is 0 Å². The third kappa shape index (κ3) is 4.06. The molecule has 4 N–H and O–H groups in total. The second-order valence-corrected chi connectivity index (χ2v) is 5.19. The Balaban J connectivity index is 1.81. The fourth-order valence-corrected chi connectivity index (χ4v) is 1.80. The molecule has 0 radical (unpaired) electrons. The summed E-state index contributed by atoms with van der Waals surface area (Å²) >= 11 is 0. The van der Waals surface area contributed by atoms with E-state index in [2.05, 4.69) is 10.6 Å². The normalized spacial score (nSPS) is 15.5. The van der Waals surface area contributed by atoms with E-state index in [9.17, 15) is 9.59 Å². The summed E-state index contributed by atoms with van der Waals surface area (Å²) < 4.78 is 0. The predicted octanol–water partition coefficient (Wildman–Crippen LogP) is 1.39. The van der Waals surface area contributed by atoms with Crippen LogP contribution in [0, 0.1) is 5.92 Å². The van der Waals surface area contributed by atoms with Crippen molar-refractivity contribution in [2.45, 2.75) is 38.8 Å². The lowest BCUT2D eigenvalue weighted by Gasteiger charge is -2.10. The quantitative estimate of drug-likeness (QED) is 0.733. The number of benzene rings is 1. The van der Waals surface area contributed by atoms with Gasteiger partial charge < -0.3 is 16.4 Å². The summed E-state index contributed by atoms with van der Waals surface area (Å²) in [5, 5.41) is 5.66. The molecule has 1 atom stereocenters. The monoisotopic (exact) mass is 275 g/mol. The minimum absolute atomic E-state index is 0.0972. The summed E-state index contributed by atoms with van der Waals surface area (Å²) in [4.78, 5) is 23.1. The predicted molar refractivity (Wildman–Crippen MR) is 77.9 cm³/mol. The summed E-state index contributed by atoms with van der Waals surface area (Å²) in [6.07, 6.45) is 2.61. The molecule has 1 saturated carbocycles. The Labute approximate surface area is 118 Å². The number of carbonyl (C=O) groups excluding carboxylic acids is 2. The number of carbonyl (C=O) groups is 2. The van der Waals surface area contributed by atoms with E-state index in [1.54, 1.807) is 0 Å². The number of nitrogens with two attached hydrogens (primary N) is 1. The average Bonchev–Trinajstić information content (AvgIpc) is 3.30. The number of nitrogens with one attached hydrogen (secondary N) is 2. The molecule has 0 aromatic heterocycles. The van der Waals surface area contributed by atoms with Crippen molar-refractivity contribution in [3.63, 3.8) is 0 Å². The van der Waals surface area contributed by atoms with Gasteiger partial charge in [-0.1, -0.05) is 19.1 Å². The van der Waals surface area contributed by atoms with Gasteiger partial charge in [0, 0.05) is 18.2 Å². The van der Waals surface area contributed by atoms with Gasteiger partial charge in [0.25, 0.3) is 0 Å². The molecule has 1 aromatic carbocycles. The molecule has 2 amide bonds. The van der Waals surface area contributed by atoms with Crippen molar-refractivity contribution in [1.29, 1.82) is 0 Å². The van der Waals surface area contributed by atoms with Crippen molar-refractivity contribution in [1.82, 2.24) is 5.32 Å². The molecule has 108 valence electrons. The molecule has 1 fully saturated rings. The summed E-state index contributed by atoms with van der Waals surface area (Å²) in [6.45, 7) is 2.32. The van der Waals surface area contributed by atoms with Crippen molar-refractivity contribution in [3.05, 3.63) is 29.8 Å². The Morgan fingerprint density at radius 3 is 2.50 bits per heavy atom. The highest BCUT2D eigenvalue weighted by Gasteiger charge is 2.29. The fraction of sp³-hybridized carbons (Fsp3) is 0.467. The van der Waals surface area contributed by atoms with E-state index in [-0.39, 0.29) is 17.7 Å². The molecule has 0 bridgehead atoms. The van der Waals surface area contributed by atoms with Gasteiger partial charge in [0.1, 0.15) is 0 Å². The SMILES string of the molecule is CCC(N)C(=O)NCc1ccc(NC(=O)C2CC2)cc1. The van der Waals surface area contributed by atoms with Crippen LogP contribution < -0.4 is 16.4 Å². The van der Waals surface area contributed by atoms with E-state index in [4.69, 9.17) is 5.73 Å². The number of anilines is 1. The first-order valence-electron chi connectivity index (χ1n) is 7.03. The third-order valence-corrected chi connectivity index (χ3v) is 3.41. The maximum absolute atomic E-state index is 11.6. The molecule has 20 heavy (non-hydrogen) atoms.